The number of nitrogens with one attached hydrogen (secondary N) is 1. The molecule has 0 unspecified atom stereocenters. The second kappa shape index (κ2) is 10.3. The summed E-state index contributed by atoms with van der Waals surface area (Å²) in [6.07, 6.45) is 0. The fourth-order valence-corrected chi connectivity index (χ4v) is 4.85. The molecule has 0 bridgehead atoms. The van der Waals surface area contributed by atoms with Crippen LogP contribution < -0.4 is 9.62 Å². The van der Waals surface area contributed by atoms with Gasteiger partial charge in [0.25, 0.3) is 15.9 Å². The van der Waals surface area contributed by atoms with Crippen LogP contribution in [0.2, 0.25) is 0 Å². The Labute approximate surface area is 194 Å². The molecule has 0 atom stereocenters. The van der Waals surface area contributed by atoms with Crippen molar-refractivity contribution >= 4 is 33.3 Å². The van der Waals surface area contributed by atoms with Gasteiger partial charge in [-0.25, -0.2) is 13.2 Å². The van der Waals surface area contributed by atoms with E-state index in [9.17, 15) is 18.0 Å². The molecule has 3 aromatic carbocycles. The molecule has 0 spiro atoms. The number of anilines is 2. The molecule has 1 N–H and O–H groups in total. The van der Waals surface area contributed by atoms with Gasteiger partial charge in [-0.05, 0) is 68.3 Å². The maximum absolute atomic E-state index is 13.0. The number of nitrogens with zero attached hydrogens (tertiary/aromatic N) is 1. The van der Waals surface area contributed by atoms with Gasteiger partial charge < -0.3 is 10.1 Å². The molecular weight excluding hydrogens is 440 g/mol. The van der Waals surface area contributed by atoms with Crippen LogP contribution >= 0.6 is 0 Å². The van der Waals surface area contributed by atoms with Crippen molar-refractivity contribution < 1.29 is 22.7 Å². The van der Waals surface area contributed by atoms with Crippen LogP contribution in [0.5, 0.6) is 0 Å². The van der Waals surface area contributed by atoms with Gasteiger partial charge >= 0.3 is 5.97 Å². The van der Waals surface area contributed by atoms with Crippen molar-refractivity contribution in [2.45, 2.75) is 25.7 Å². The second-order valence-electron chi connectivity index (χ2n) is 7.42. The zero-order valence-corrected chi connectivity index (χ0v) is 19.6. The summed E-state index contributed by atoms with van der Waals surface area (Å²) < 4.78 is 32.5. The van der Waals surface area contributed by atoms with E-state index >= 15 is 0 Å². The molecule has 33 heavy (non-hydrogen) atoms. The molecular formula is C25H26N2O5S. The van der Waals surface area contributed by atoms with E-state index in [-0.39, 0.29) is 17.0 Å². The molecule has 0 radical (unpaired) electrons. The first kappa shape index (κ1) is 24.0. The Bertz CT molecular complexity index is 1220. The smallest absolute Gasteiger partial charge is 0.338 e. The van der Waals surface area contributed by atoms with Crippen LogP contribution in [0.1, 0.15) is 28.4 Å². The molecule has 7 nitrogen and oxygen atoms in total. The van der Waals surface area contributed by atoms with E-state index in [4.69, 9.17) is 4.74 Å². The monoisotopic (exact) mass is 466 g/mol. The van der Waals surface area contributed by atoms with Gasteiger partial charge in [0, 0.05) is 12.2 Å². The molecule has 0 saturated heterocycles. The Morgan fingerprint density at radius 3 is 2.06 bits per heavy atom. The number of sulfonamides is 1. The average molecular weight is 467 g/mol. The number of carbonyl (C=O) groups excluding carboxylic acids is 2. The Morgan fingerprint density at radius 1 is 0.879 bits per heavy atom. The highest BCUT2D eigenvalue weighted by Gasteiger charge is 2.24. The molecule has 3 rings (SSSR count). The molecule has 1 amide bonds. The molecule has 0 aliphatic carbocycles. The van der Waals surface area contributed by atoms with Gasteiger partial charge in [-0.1, -0.05) is 36.4 Å². The van der Waals surface area contributed by atoms with Crippen LogP contribution in [-0.4, -0.2) is 33.4 Å². The zero-order valence-electron chi connectivity index (χ0n) is 18.7. The number of carbonyl (C=O) groups is 2. The second-order valence-corrected chi connectivity index (χ2v) is 9.28. The van der Waals surface area contributed by atoms with Gasteiger partial charge in [0.1, 0.15) is 0 Å². The van der Waals surface area contributed by atoms with Crippen LogP contribution in [0.3, 0.4) is 0 Å². The van der Waals surface area contributed by atoms with Crippen molar-refractivity contribution in [3.63, 3.8) is 0 Å². The fourth-order valence-electron chi connectivity index (χ4n) is 3.38. The quantitative estimate of drug-likeness (QED) is 0.499. The van der Waals surface area contributed by atoms with Crippen molar-refractivity contribution in [3.05, 3.63) is 89.5 Å². The minimum absolute atomic E-state index is 0.0533. The van der Waals surface area contributed by atoms with Crippen molar-refractivity contribution in [2.75, 3.05) is 22.8 Å². The lowest BCUT2D eigenvalue weighted by Gasteiger charge is -2.22. The average Bonchev–Trinajstić information content (AvgIpc) is 2.81. The highest BCUT2D eigenvalue weighted by molar-refractivity contribution is 7.92. The van der Waals surface area contributed by atoms with Crippen LogP contribution in [0, 0.1) is 13.8 Å². The molecule has 0 aliphatic rings. The van der Waals surface area contributed by atoms with Gasteiger partial charge in [-0.2, -0.15) is 0 Å². The Morgan fingerprint density at radius 2 is 1.48 bits per heavy atom. The summed E-state index contributed by atoms with van der Waals surface area (Å²) in [5.74, 6) is -1.17. The standard InChI is InChI=1S/C25H26N2O5S/c1-4-27(21-11-6-5-7-12-21)33(30,31)22-15-13-20(14-16-22)25(29)32-17-23(28)26-24-18(2)9-8-10-19(24)3/h5-16H,4,17H2,1-3H3,(H,26,28). The van der Waals surface area contributed by atoms with Gasteiger partial charge in [-0.3, -0.25) is 9.10 Å². The molecule has 0 heterocycles. The van der Waals surface area contributed by atoms with E-state index < -0.39 is 28.5 Å². The van der Waals surface area contributed by atoms with Crippen molar-refractivity contribution in [2.24, 2.45) is 0 Å². The predicted octanol–water partition coefficient (Wildman–Crippen LogP) is 4.31. The Hall–Kier alpha value is -3.65. The largest absolute Gasteiger partial charge is 0.452 e. The first-order valence-electron chi connectivity index (χ1n) is 10.4. The molecule has 3 aromatic rings. The third-order valence-corrected chi connectivity index (χ3v) is 7.01. The zero-order chi connectivity index (χ0) is 24.0. The Balaban J connectivity index is 1.66. The van der Waals surface area contributed by atoms with Crippen LogP contribution in [0.25, 0.3) is 0 Å². The number of ether oxygens (including phenoxy) is 1. The first-order valence-corrected chi connectivity index (χ1v) is 11.9. The number of hydrogen-bond acceptors (Lipinski definition) is 5. The Kier molecular flexibility index (Phi) is 7.50. The van der Waals surface area contributed by atoms with E-state index in [1.54, 1.807) is 31.2 Å². The van der Waals surface area contributed by atoms with Crippen LogP contribution in [-0.2, 0) is 19.6 Å². The van der Waals surface area contributed by atoms with Gasteiger partial charge in [-0.15, -0.1) is 0 Å². The minimum atomic E-state index is -3.80. The number of aryl methyl sites for hydroxylation is 2. The number of para-hydroxylation sites is 2. The van der Waals surface area contributed by atoms with Crippen molar-refractivity contribution in [3.8, 4) is 0 Å². The molecule has 8 heteroatoms. The summed E-state index contributed by atoms with van der Waals surface area (Å²) in [5.41, 5.74) is 3.20. The lowest BCUT2D eigenvalue weighted by atomic mass is 10.1. The third-order valence-electron chi connectivity index (χ3n) is 5.09. The number of rotatable bonds is 8. The summed E-state index contributed by atoms with van der Waals surface area (Å²) in [6.45, 7) is 5.30. The van der Waals surface area contributed by atoms with Gasteiger partial charge in [0.05, 0.1) is 16.1 Å². The summed E-state index contributed by atoms with van der Waals surface area (Å²) in [7, 11) is -3.80. The molecule has 0 saturated carbocycles. The molecule has 0 fully saturated rings. The van der Waals surface area contributed by atoms with Gasteiger partial charge in [0.2, 0.25) is 0 Å². The maximum atomic E-state index is 13.0. The van der Waals surface area contributed by atoms with E-state index in [2.05, 4.69) is 5.32 Å². The summed E-state index contributed by atoms with van der Waals surface area (Å²) in [5, 5.41) is 2.75. The normalized spacial score (nSPS) is 11.0. The summed E-state index contributed by atoms with van der Waals surface area (Å²) in [6, 6.07) is 19.9. The van der Waals surface area contributed by atoms with Crippen molar-refractivity contribution in [1.29, 1.82) is 0 Å². The molecule has 0 aliphatic heterocycles. The first-order chi connectivity index (χ1) is 15.7. The molecule has 172 valence electrons. The lowest BCUT2D eigenvalue weighted by Crippen LogP contribution is -2.30. The summed E-state index contributed by atoms with van der Waals surface area (Å²) in [4.78, 5) is 24.6. The predicted molar refractivity (Wildman–Crippen MR) is 128 cm³/mol. The van der Waals surface area contributed by atoms with Crippen molar-refractivity contribution in [1.82, 2.24) is 0 Å². The third kappa shape index (κ3) is 5.59. The van der Waals surface area contributed by atoms with Crippen LogP contribution in [0.4, 0.5) is 11.4 Å². The number of benzene rings is 3. The number of hydrogen-bond donors (Lipinski definition) is 1. The summed E-state index contributed by atoms with van der Waals surface area (Å²) >= 11 is 0. The lowest BCUT2D eigenvalue weighted by molar-refractivity contribution is -0.119. The van der Waals surface area contributed by atoms with E-state index in [0.717, 1.165) is 11.1 Å². The highest BCUT2D eigenvalue weighted by Crippen LogP contribution is 2.24. The number of esters is 1. The van der Waals surface area contributed by atoms with E-state index in [1.807, 2.05) is 38.1 Å². The van der Waals surface area contributed by atoms with Gasteiger partial charge in [0.15, 0.2) is 6.61 Å². The topological polar surface area (TPSA) is 92.8 Å². The van der Waals surface area contributed by atoms with E-state index in [1.165, 1.54) is 28.6 Å². The highest BCUT2D eigenvalue weighted by atomic mass is 32.2. The SMILES string of the molecule is CCN(c1ccccc1)S(=O)(=O)c1ccc(C(=O)OCC(=O)Nc2c(C)cccc2C)cc1. The van der Waals surface area contributed by atoms with Crippen LogP contribution in [0.15, 0.2) is 77.7 Å². The molecule has 0 aromatic heterocycles. The fraction of sp³-hybridized carbons (Fsp3) is 0.200. The van der Waals surface area contributed by atoms with E-state index in [0.29, 0.717) is 11.4 Å². The minimum Gasteiger partial charge on any atom is -0.452 e. The maximum Gasteiger partial charge on any atom is 0.338 e. The number of amides is 1.